The van der Waals surface area contributed by atoms with Crippen molar-refractivity contribution in [3.05, 3.63) is 23.7 Å². The largest absolute Gasteiger partial charge is 0.469 e. The second-order valence-corrected chi connectivity index (χ2v) is 6.27. The van der Waals surface area contributed by atoms with Crippen molar-refractivity contribution in [1.29, 1.82) is 0 Å². The summed E-state index contributed by atoms with van der Waals surface area (Å²) in [6.07, 6.45) is 2.91. The highest BCUT2D eigenvalue weighted by Gasteiger charge is 2.18. The summed E-state index contributed by atoms with van der Waals surface area (Å²) in [7, 11) is -1.60. The molecule has 1 aromatic rings. The van der Waals surface area contributed by atoms with E-state index in [2.05, 4.69) is 0 Å². The Hall–Kier alpha value is -0.850. The first-order valence-corrected chi connectivity index (χ1v) is 7.25. The summed E-state index contributed by atoms with van der Waals surface area (Å²) in [6, 6.07) is 1.79. The van der Waals surface area contributed by atoms with Gasteiger partial charge in [-0.15, -0.1) is 0 Å². The number of sulfonamides is 1. The smallest absolute Gasteiger partial charge is 0.214 e. The maximum Gasteiger partial charge on any atom is 0.214 e. The molecule has 0 spiro atoms. The lowest BCUT2D eigenvalue weighted by molar-refractivity contribution is 0.457. The molecular formula is C11H20N2O3S. The molecule has 0 aromatic carbocycles. The molecule has 0 saturated heterocycles. The number of nitrogens with zero attached hydrogens (tertiary/aromatic N) is 1. The molecule has 0 bridgehead atoms. The lowest BCUT2D eigenvalue weighted by Gasteiger charge is -2.16. The van der Waals surface area contributed by atoms with Crippen LogP contribution in [-0.4, -0.2) is 32.1 Å². The molecule has 17 heavy (non-hydrogen) atoms. The molecule has 1 aromatic heterocycles. The summed E-state index contributed by atoms with van der Waals surface area (Å²) >= 11 is 0. The first-order valence-electron chi connectivity index (χ1n) is 5.64. The number of rotatable bonds is 7. The number of nitrogens with two attached hydrogens (primary N) is 1. The van der Waals surface area contributed by atoms with Gasteiger partial charge < -0.3 is 10.2 Å². The van der Waals surface area contributed by atoms with Crippen LogP contribution in [0.3, 0.4) is 0 Å². The van der Waals surface area contributed by atoms with Crippen molar-refractivity contribution in [3.63, 3.8) is 0 Å². The number of hydrogen-bond acceptors (Lipinski definition) is 4. The topological polar surface area (TPSA) is 76.5 Å². The highest BCUT2D eigenvalue weighted by molar-refractivity contribution is 7.89. The Kier molecular flexibility index (Phi) is 5.17. The number of hydrogen-bond donors (Lipinski definition) is 1. The molecule has 0 amide bonds. The summed E-state index contributed by atoms with van der Waals surface area (Å²) < 4.78 is 30.3. The van der Waals surface area contributed by atoms with E-state index in [1.807, 2.05) is 6.92 Å². The SMILES string of the molecule is Cc1occc1CN(C)S(=O)(=O)CCCCN. The minimum Gasteiger partial charge on any atom is -0.469 e. The van der Waals surface area contributed by atoms with Gasteiger partial charge in [0.15, 0.2) is 0 Å². The third-order valence-electron chi connectivity index (χ3n) is 2.69. The Morgan fingerprint density at radius 2 is 2.12 bits per heavy atom. The van der Waals surface area contributed by atoms with E-state index < -0.39 is 10.0 Å². The molecule has 6 heteroatoms. The summed E-state index contributed by atoms with van der Waals surface area (Å²) in [5.74, 6) is 0.909. The van der Waals surface area contributed by atoms with E-state index >= 15 is 0 Å². The Morgan fingerprint density at radius 1 is 1.41 bits per heavy atom. The second kappa shape index (κ2) is 6.18. The van der Waals surface area contributed by atoms with Crippen LogP contribution >= 0.6 is 0 Å². The van der Waals surface area contributed by atoms with Crippen LogP contribution in [0.2, 0.25) is 0 Å². The van der Waals surface area contributed by atoms with Crippen LogP contribution in [0.15, 0.2) is 16.7 Å². The molecule has 0 aliphatic heterocycles. The van der Waals surface area contributed by atoms with E-state index in [1.54, 1.807) is 19.4 Å². The molecule has 0 radical (unpaired) electrons. The fourth-order valence-electron chi connectivity index (χ4n) is 1.50. The molecule has 0 aliphatic carbocycles. The van der Waals surface area contributed by atoms with Crippen molar-refractivity contribution < 1.29 is 12.8 Å². The third-order valence-corrected chi connectivity index (χ3v) is 4.57. The minimum absolute atomic E-state index is 0.150. The van der Waals surface area contributed by atoms with Gasteiger partial charge in [0, 0.05) is 19.2 Å². The van der Waals surface area contributed by atoms with Crippen LogP contribution in [0.25, 0.3) is 0 Å². The summed E-state index contributed by atoms with van der Waals surface area (Å²) in [6.45, 7) is 2.71. The number of aryl methyl sites for hydroxylation is 1. The van der Waals surface area contributed by atoms with E-state index in [-0.39, 0.29) is 5.75 Å². The number of unbranched alkanes of at least 4 members (excludes halogenated alkanes) is 1. The molecule has 5 nitrogen and oxygen atoms in total. The van der Waals surface area contributed by atoms with Gasteiger partial charge in [0.25, 0.3) is 0 Å². The molecule has 2 N–H and O–H groups in total. The van der Waals surface area contributed by atoms with Crippen LogP contribution in [0.5, 0.6) is 0 Å². The summed E-state index contributed by atoms with van der Waals surface area (Å²) in [5, 5.41) is 0. The second-order valence-electron chi connectivity index (χ2n) is 4.07. The van der Waals surface area contributed by atoms with Crippen molar-refractivity contribution in [2.24, 2.45) is 5.73 Å². The van der Waals surface area contributed by atoms with Crippen molar-refractivity contribution in [1.82, 2.24) is 4.31 Å². The van der Waals surface area contributed by atoms with Gasteiger partial charge in [-0.25, -0.2) is 12.7 Å². The lowest BCUT2D eigenvalue weighted by atomic mass is 10.3. The van der Waals surface area contributed by atoms with Crippen molar-refractivity contribution in [2.75, 3.05) is 19.3 Å². The van der Waals surface area contributed by atoms with Crippen molar-refractivity contribution in [2.45, 2.75) is 26.3 Å². The van der Waals surface area contributed by atoms with E-state index in [4.69, 9.17) is 10.2 Å². The maximum absolute atomic E-state index is 11.9. The molecule has 0 unspecified atom stereocenters. The van der Waals surface area contributed by atoms with Gasteiger partial charge in [-0.05, 0) is 32.4 Å². The Labute approximate surface area is 103 Å². The van der Waals surface area contributed by atoms with Gasteiger partial charge in [-0.2, -0.15) is 0 Å². The van der Waals surface area contributed by atoms with Crippen LogP contribution in [0.4, 0.5) is 0 Å². The molecule has 0 atom stereocenters. The zero-order valence-corrected chi connectivity index (χ0v) is 11.2. The van der Waals surface area contributed by atoms with E-state index in [9.17, 15) is 8.42 Å². The predicted molar refractivity (Wildman–Crippen MR) is 67.0 cm³/mol. The highest BCUT2D eigenvalue weighted by atomic mass is 32.2. The molecule has 1 rings (SSSR count). The van der Waals surface area contributed by atoms with Gasteiger partial charge in [0.2, 0.25) is 10.0 Å². The molecule has 0 saturated carbocycles. The Bertz CT molecular complexity index is 439. The highest BCUT2D eigenvalue weighted by Crippen LogP contribution is 2.13. The number of furan rings is 1. The normalized spacial score (nSPS) is 12.2. The minimum atomic E-state index is -3.19. The first-order chi connectivity index (χ1) is 7.97. The molecule has 0 aliphatic rings. The van der Waals surface area contributed by atoms with Gasteiger partial charge in [-0.3, -0.25) is 0 Å². The fourth-order valence-corrected chi connectivity index (χ4v) is 2.71. The van der Waals surface area contributed by atoms with Crippen LogP contribution in [-0.2, 0) is 16.6 Å². The Balaban J connectivity index is 2.57. The standard InChI is InChI=1S/C11H20N2O3S/c1-10-11(5-7-16-10)9-13(2)17(14,15)8-4-3-6-12/h5,7H,3-4,6,8-9,12H2,1-2H3. The molecular weight excluding hydrogens is 240 g/mol. The third kappa shape index (κ3) is 4.14. The van der Waals surface area contributed by atoms with Gasteiger partial charge in [0.05, 0.1) is 12.0 Å². The quantitative estimate of drug-likeness (QED) is 0.744. The van der Waals surface area contributed by atoms with Crippen LogP contribution in [0, 0.1) is 6.92 Å². The monoisotopic (exact) mass is 260 g/mol. The van der Waals surface area contributed by atoms with Gasteiger partial charge >= 0.3 is 0 Å². The average Bonchev–Trinajstić information content (AvgIpc) is 2.64. The zero-order valence-electron chi connectivity index (χ0n) is 10.3. The fraction of sp³-hybridized carbons (Fsp3) is 0.636. The zero-order chi connectivity index (χ0) is 12.9. The van der Waals surface area contributed by atoms with E-state index in [1.165, 1.54) is 4.31 Å². The van der Waals surface area contributed by atoms with Gasteiger partial charge in [-0.1, -0.05) is 0 Å². The van der Waals surface area contributed by atoms with E-state index in [0.717, 1.165) is 17.7 Å². The molecule has 0 fully saturated rings. The average molecular weight is 260 g/mol. The maximum atomic E-state index is 11.9. The predicted octanol–water partition coefficient (Wildman–Crippen LogP) is 1.09. The lowest BCUT2D eigenvalue weighted by Crippen LogP contribution is -2.29. The van der Waals surface area contributed by atoms with Crippen molar-refractivity contribution >= 4 is 10.0 Å². The Morgan fingerprint density at radius 3 is 2.65 bits per heavy atom. The van der Waals surface area contributed by atoms with Crippen LogP contribution in [0.1, 0.15) is 24.2 Å². The summed E-state index contributed by atoms with van der Waals surface area (Å²) in [4.78, 5) is 0. The van der Waals surface area contributed by atoms with Crippen molar-refractivity contribution in [3.8, 4) is 0 Å². The first kappa shape index (κ1) is 14.2. The molecule has 1 heterocycles. The van der Waals surface area contributed by atoms with Gasteiger partial charge in [0.1, 0.15) is 5.76 Å². The van der Waals surface area contributed by atoms with Crippen LogP contribution < -0.4 is 5.73 Å². The summed E-state index contributed by atoms with van der Waals surface area (Å²) in [5.41, 5.74) is 6.24. The van der Waals surface area contributed by atoms with E-state index in [0.29, 0.717) is 19.5 Å². The molecule has 98 valence electrons.